The lowest BCUT2D eigenvalue weighted by Gasteiger charge is -2.20. The Morgan fingerprint density at radius 3 is 1.55 bits per heavy atom. The lowest BCUT2D eigenvalue weighted by molar-refractivity contribution is 0.0988. The van der Waals surface area contributed by atoms with E-state index >= 15 is 0 Å². The average molecular weight is 717 g/mol. The van der Waals surface area contributed by atoms with Crippen molar-refractivity contribution < 1.29 is 9.59 Å². The molecule has 44 heavy (non-hydrogen) atoms. The van der Waals surface area contributed by atoms with Crippen molar-refractivity contribution in [3.63, 3.8) is 0 Å². The Labute approximate surface area is 278 Å². The molecule has 4 aromatic carbocycles. The van der Waals surface area contributed by atoms with E-state index in [4.69, 9.17) is 0 Å². The Hall–Kier alpha value is -3.22. The van der Waals surface area contributed by atoms with Crippen molar-refractivity contribution in [3.05, 3.63) is 126 Å². The third-order valence-electron chi connectivity index (χ3n) is 8.61. The molecular weight excluding hydrogens is 676 g/mol. The van der Waals surface area contributed by atoms with E-state index in [2.05, 4.69) is 104 Å². The third-order valence-corrected chi connectivity index (χ3v) is 10.3. The zero-order valence-electron chi connectivity index (χ0n) is 26.8. The van der Waals surface area contributed by atoms with Crippen molar-refractivity contribution in [3.8, 4) is 0 Å². The van der Waals surface area contributed by atoms with Crippen molar-refractivity contribution in [2.24, 2.45) is 0 Å². The van der Waals surface area contributed by atoms with E-state index in [0.29, 0.717) is 13.1 Å². The lowest BCUT2D eigenvalue weighted by Crippen LogP contribution is -2.24. The summed E-state index contributed by atoms with van der Waals surface area (Å²) in [5, 5.41) is 0. The molecule has 0 bridgehead atoms. The third kappa shape index (κ3) is 6.16. The molecular formula is C38H40Br2N2O2. The van der Waals surface area contributed by atoms with Gasteiger partial charge in [-0.1, -0.05) is 110 Å². The molecule has 0 aliphatic carbocycles. The van der Waals surface area contributed by atoms with Gasteiger partial charge in [-0.05, 0) is 94.5 Å². The maximum Gasteiger partial charge on any atom is 0.258 e. The zero-order chi connectivity index (χ0) is 32.1. The second-order valence-electron chi connectivity index (χ2n) is 13.8. The molecule has 228 valence electrons. The molecule has 2 heterocycles. The van der Waals surface area contributed by atoms with Crippen LogP contribution in [-0.4, -0.2) is 11.8 Å². The minimum atomic E-state index is 0.0500. The molecule has 0 aromatic heterocycles. The van der Waals surface area contributed by atoms with Gasteiger partial charge in [-0.3, -0.25) is 9.59 Å². The molecule has 0 saturated heterocycles. The van der Waals surface area contributed by atoms with E-state index in [9.17, 15) is 9.59 Å². The normalized spacial score (nSPS) is 14.4. The van der Waals surface area contributed by atoms with Gasteiger partial charge in [-0.25, -0.2) is 0 Å². The monoisotopic (exact) mass is 714 g/mol. The summed E-state index contributed by atoms with van der Waals surface area (Å²) in [6.45, 7) is 18.5. The fraction of sp³-hybridized carbons (Fsp3) is 0.316. The van der Waals surface area contributed by atoms with Crippen molar-refractivity contribution in [2.45, 2.75) is 79.3 Å². The van der Waals surface area contributed by atoms with Crippen LogP contribution in [0.3, 0.4) is 0 Å². The largest absolute Gasteiger partial charge is 0.304 e. The highest BCUT2D eigenvalue weighted by Crippen LogP contribution is 2.37. The Morgan fingerprint density at radius 2 is 1.02 bits per heavy atom. The molecule has 4 aromatic rings. The SMILES string of the molecule is Cc1c(Br)cccc1N1Cc2cc(C(C)(C)C)ccc2C1=O.Cc1c(Br)cccc1N1Cc2ccc(C(C)(C)C)cc2C1=O. The van der Waals surface area contributed by atoms with Crippen LogP contribution in [0.25, 0.3) is 0 Å². The van der Waals surface area contributed by atoms with E-state index in [1.807, 2.05) is 66.1 Å². The number of hydrogen-bond acceptors (Lipinski definition) is 2. The quantitative estimate of drug-likeness (QED) is 0.207. The van der Waals surface area contributed by atoms with Gasteiger partial charge in [0.15, 0.2) is 0 Å². The Morgan fingerprint density at radius 1 is 0.568 bits per heavy atom. The molecule has 0 spiro atoms. The summed E-state index contributed by atoms with van der Waals surface area (Å²) in [7, 11) is 0. The number of halogens is 2. The molecule has 0 N–H and O–H groups in total. The standard InChI is InChI=1S/2C19H20BrNO/c1-12-16(20)6-5-7-17(12)21-11-13-10-14(19(2,3)4)8-9-15(13)18(21)22;1-12-16(20)6-5-7-17(12)21-11-13-8-9-14(19(2,3)4)10-15(13)18(21)22/h2*5-10H,11H2,1-4H3. The fourth-order valence-electron chi connectivity index (χ4n) is 5.72. The van der Waals surface area contributed by atoms with Gasteiger partial charge in [0.05, 0.1) is 13.1 Å². The number of carbonyl (C=O) groups excluding carboxylic acids is 2. The van der Waals surface area contributed by atoms with Crippen LogP contribution in [-0.2, 0) is 23.9 Å². The predicted octanol–water partition coefficient (Wildman–Crippen LogP) is 10.4. The highest BCUT2D eigenvalue weighted by molar-refractivity contribution is 9.10. The van der Waals surface area contributed by atoms with Crippen molar-refractivity contribution in [2.75, 3.05) is 9.80 Å². The molecule has 2 aliphatic rings. The summed E-state index contributed by atoms with van der Waals surface area (Å²) in [5.41, 5.74) is 10.7. The summed E-state index contributed by atoms with van der Waals surface area (Å²) in [5.74, 6) is 0.193. The number of fused-ring (bicyclic) bond motifs is 2. The van der Waals surface area contributed by atoms with Gasteiger partial charge in [-0.2, -0.15) is 0 Å². The van der Waals surface area contributed by atoms with Crippen molar-refractivity contribution >= 4 is 55.0 Å². The van der Waals surface area contributed by atoms with E-state index in [0.717, 1.165) is 53.7 Å². The minimum absolute atomic E-state index is 0.0500. The maximum absolute atomic E-state index is 12.9. The Kier molecular flexibility index (Phi) is 8.73. The Balaban J connectivity index is 0.000000175. The highest BCUT2D eigenvalue weighted by Gasteiger charge is 2.32. The van der Waals surface area contributed by atoms with E-state index in [1.54, 1.807) is 0 Å². The fourth-order valence-corrected chi connectivity index (χ4v) is 6.43. The first-order valence-corrected chi connectivity index (χ1v) is 16.6. The van der Waals surface area contributed by atoms with Crippen LogP contribution < -0.4 is 9.80 Å². The van der Waals surface area contributed by atoms with Gasteiger partial charge in [0.1, 0.15) is 0 Å². The van der Waals surface area contributed by atoms with Gasteiger partial charge in [0.2, 0.25) is 0 Å². The predicted molar refractivity (Wildman–Crippen MR) is 189 cm³/mol. The number of nitrogens with zero attached hydrogens (tertiary/aromatic N) is 2. The van der Waals surface area contributed by atoms with Crippen LogP contribution in [0.5, 0.6) is 0 Å². The number of benzene rings is 4. The van der Waals surface area contributed by atoms with Crippen LogP contribution in [0.2, 0.25) is 0 Å². The second-order valence-corrected chi connectivity index (χ2v) is 15.5. The highest BCUT2D eigenvalue weighted by atomic mass is 79.9. The average Bonchev–Trinajstić information content (AvgIpc) is 3.47. The number of carbonyl (C=O) groups is 2. The van der Waals surface area contributed by atoms with E-state index < -0.39 is 0 Å². The first-order valence-electron chi connectivity index (χ1n) is 15.0. The molecule has 4 nitrogen and oxygen atoms in total. The molecule has 2 amide bonds. The molecule has 2 aliphatic heterocycles. The molecule has 6 heteroatoms. The number of rotatable bonds is 2. The molecule has 0 radical (unpaired) electrons. The first-order chi connectivity index (χ1) is 20.6. The molecule has 0 atom stereocenters. The van der Waals surface area contributed by atoms with Crippen LogP contribution >= 0.6 is 31.9 Å². The smallest absolute Gasteiger partial charge is 0.258 e. The number of amides is 2. The summed E-state index contributed by atoms with van der Waals surface area (Å²) < 4.78 is 2.06. The molecule has 0 fully saturated rings. The van der Waals surface area contributed by atoms with Gasteiger partial charge in [0.25, 0.3) is 11.8 Å². The van der Waals surface area contributed by atoms with Gasteiger partial charge >= 0.3 is 0 Å². The van der Waals surface area contributed by atoms with Gasteiger partial charge in [0, 0.05) is 31.4 Å². The number of hydrogen-bond donors (Lipinski definition) is 0. The van der Waals surface area contributed by atoms with Crippen LogP contribution in [0.1, 0.15) is 95.6 Å². The van der Waals surface area contributed by atoms with Crippen molar-refractivity contribution in [1.82, 2.24) is 0 Å². The van der Waals surface area contributed by atoms with Crippen LogP contribution in [0, 0.1) is 13.8 Å². The van der Waals surface area contributed by atoms with Crippen LogP contribution in [0.15, 0.2) is 81.7 Å². The number of anilines is 2. The topological polar surface area (TPSA) is 40.6 Å². The lowest BCUT2D eigenvalue weighted by atomic mass is 9.85. The summed E-state index contributed by atoms with van der Waals surface area (Å²) >= 11 is 7.10. The second kappa shape index (κ2) is 11.9. The van der Waals surface area contributed by atoms with Crippen molar-refractivity contribution in [1.29, 1.82) is 0 Å². The summed E-state index contributed by atoms with van der Waals surface area (Å²) in [6.07, 6.45) is 0. The molecule has 0 saturated carbocycles. The van der Waals surface area contributed by atoms with Crippen LogP contribution in [0.4, 0.5) is 11.4 Å². The molecule has 0 unspecified atom stereocenters. The minimum Gasteiger partial charge on any atom is -0.304 e. The Bertz CT molecular complexity index is 1730. The van der Waals surface area contributed by atoms with Gasteiger partial charge < -0.3 is 9.80 Å². The van der Waals surface area contributed by atoms with Gasteiger partial charge in [-0.15, -0.1) is 0 Å². The zero-order valence-corrected chi connectivity index (χ0v) is 30.0. The summed E-state index contributed by atoms with van der Waals surface area (Å²) in [4.78, 5) is 29.3. The maximum atomic E-state index is 12.9. The molecule has 6 rings (SSSR count). The first kappa shape index (κ1) is 32.2. The van der Waals surface area contributed by atoms with E-state index in [1.165, 1.54) is 11.1 Å². The van der Waals surface area contributed by atoms with E-state index in [-0.39, 0.29) is 22.6 Å². The summed E-state index contributed by atoms with van der Waals surface area (Å²) in [6, 6.07) is 24.5.